The number of thiazole rings is 1. The first kappa shape index (κ1) is 11.5. The Morgan fingerprint density at radius 2 is 2.56 bits per heavy atom. The maximum absolute atomic E-state index is 11.3. The zero-order valence-corrected chi connectivity index (χ0v) is 10.4. The van der Waals surface area contributed by atoms with Gasteiger partial charge in [0.15, 0.2) is 0 Å². The number of aryl methyl sites for hydroxylation is 1. The molecule has 0 spiro atoms. The Morgan fingerprint density at radius 3 is 3.06 bits per heavy atom. The number of likely N-dealkylation sites (tertiary alicyclic amines) is 1. The Labute approximate surface area is 99.2 Å². The monoisotopic (exact) mass is 240 g/mol. The number of carbonyl (C=O) groups excluding carboxylic acids is 1. The Balaban J connectivity index is 1.80. The number of nitrogens with zero attached hydrogens (tertiary/aromatic N) is 2. The molecule has 16 heavy (non-hydrogen) atoms. The molecule has 88 valence electrons. The highest BCUT2D eigenvalue weighted by Gasteiger charge is 2.34. The standard InChI is InChI=1S/C11H16N2O2S/c1-8-7-16-10(12-8)4-6-13-5-3-9(13)11(14)15-2/h7,9H,3-6H2,1-2H3. The lowest BCUT2D eigenvalue weighted by atomic mass is 10.0. The van der Waals surface area contributed by atoms with Crippen molar-refractivity contribution in [3.05, 3.63) is 16.1 Å². The lowest BCUT2D eigenvalue weighted by Gasteiger charge is -2.38. The van der Waals surface area contributed by atoms with Gasteiger partial charge in [-0.15, -0.1) is 11.3 Å². The van der Waals surface area contributed by atoms with E-state index < -0.39 is 0 Å². The smallest absolute Gasteiger partial charge is 0.323 e. The number of rotatable bonds is 4. The van der Waals surface area contributed by atoms with Crippen molar-refractivity contribution in [2.45, 2.75) is 25.8 Å². The molecule has 1 atom stereocenters. The van der Waals surface area contributed by atoms with E-state index in [0.717, 1.165) is 36.6 Å². The van der Waals surface area contributed by atoms with Crippen LogP contribution in [0.3, 0.4) is 0 Å². The second kappa shape index (κ2) is 4.93. The number of carbonyl (C=O) groups is 1. The molecule has 1 aromatic rings. The number of aromatic nitrogens is 1. The van der Waals surface area contributed by atoms with Crippen LogP contribution in [0.2, 0.25) is 0 Å². The molecule has 2 rings (SSSR count). The Hall–Kier alpha value is -0.940. The molecule has 1 saturated heterocycles. The lowest BCUT2D eigenvalue weighted by Crippen LogP contribution is -2.53. The Bertz CT molecular complexity index is 378. The maximum atomic E-state index is 11.3. The van der Waals surface area contributed by atoms with Crippen LogP contribution < -0.4 is 0 Å². The molecule has 0 bridgehead atoms. The first-order valence-corrected chi connectivity index (χ1v) is 6.31. The largest absolute Gasteiger partial charge is 0.468 e. The van der Waals surface area contributed by atoms with Crippen LogP contribution in [0.25, 0.3) is 0 Å². The van der Waals surface area contributed by atoms with Crippen LogP contribution in [0.15, 0.2) is 5.38 Å². The molecule has 0 aromatic carbocycles. The van der Waals surface area contributed by atoms with Crippen LogP contribution in [-0.2, 0) is 16.0 Å². The number of methoxy groups -OCH3 is 1. The summed E-state index contributed by atoms with van der Waals surface area (Å²) in [6, 6.07) is -0.0222. The van der Waals surface area contributed by atoms with Gasteiger partial charge in [-0.3, -0.25) is 9.69 Å². The van der Waals surface area contributed by atoms with Crippen LogP contribution in [-0.4, -0.2) is 42.1 Å². The average Bonchev–Trinajstić information content (AvgIpc) is 2.62. The number of esters is 1. The summed E-state index contributed by atoms with van der Waals surface area (Å²) in [5.41, 5.74) is 1.08. The quantitative estimate of drug-likeness (QED) is 0.743. The lowest BCUT2D eigenvalue weighted by molar-refractivity contribution is -0.151. The van der Waals surface area contributed by atoms with Crippen LogP contribution in [0, 0.1) is 6.92 Å². The van der Waals surface area contributed by atoms with Gasteiger partial charge < -0.3 is 4.74 Å². The zero-order chi connectivity index (χ0) is 11.5. The van der Waals surface area contributed by atoms with Gasteiger partial charge in [0, 0.05) is 30.6 Å². The zero-order valence-electron chi connectivity index (χ0n) is 9.60. The highest BCUT2D eigenvalue weighted by Crippen LogP contribution is 2.19. The summed E-state index contributed by atoms with van der Waals surface area (Å²) < 4.78 is 4.75. The van der Waals surface area contributed by atoms with E-state index in [9.17, 15) is 4.79 Å². The van der Waals surface area contributed by atoms with E-state index in [-0.39, 0.29) is 12.0 Å². The van der Waals surface area contributed by atoms with Gasteiger partial charge in [0.05, 0.1) is 12.1 Å². The topological polar surface area (TPSA) is 42.4 Å². The van der Waals surface area contributed by atoms with Crippen molar-refractivity contribution < 1.29 is 9.53 Å². The molecular formula is C11H16N2O2S. The molecule has 2 heterocycles. The van der Waals surface area contributed by atoms with Crippen LogP contribution in [0.1, 0.15) is 17.1 Å². The summed E-state index contributed by atoms with van der Waals surface area (Å²) in [7, 11) is 1.45. The van der Waals surface area contributed by atoms with Gasteiger partial charge in [-0.25, -0.2) is 4.98 Å². The van der Waals surface area contributed by atoms with Crippen LogP contribution in [0.4, 0.5) is 0 Å². The van der Waals surface area contributed by atoms with Gasteiger partial charge in [0.1, 0.15) is 6.04 Å². The summed E-state index contributed by atoms with van der Waals surface area (Å²) >= 11 is 1.69. The van der Waals surface area contributed by atoms with E-state index in [1.165, 1.54) is 7.11 Å². The highest BCUT2D eigenvalue weighted by molar-refractivity contribution is 7.09. The summed E-state index contributed by atoms with van der Waals surface area (Å²) in [4.78, 5) is 17.9. The van der Waals surface area contributed by atoms with Crippen molar-refractivity contribution in [2.24, 2.45) is 0 Å². The fourth-order valence-corrected chi connectivity index (χ4v) is 2.63. The molecule has 0 radical (unpaired) electrons. The van der Waals surface area contributed by atoms with Gasteiger partial charge in [-0.05, 0) is 13.3 Å². The first-order chi connectivity index (χ1) is 7.70. The summed E-state index contributed by atoms with van der Waals surface area (Å²) in [6.45, 7) is 3.89. The molecule has 1 aliphatic heterocycles. The predicted molar refractivity (Wildman–Crippen MR) is 62.5 cm³/mol. The first-order valence-electron chi connectivity index (χ1n) is 5.43. The SMILES string of the molecule is COC(=O)C1CCN1CCc1nc(C)cs1. The normalized spacial score (nSPS) is 20.5. The van der Waals surface area contributed by atoms with Crippen molar-refractivity contribution >= 4 is 17.3 Å². The van der Waals surface area contributed by atoms with Crippen LogP contribution >= 0.6 is 11.3 Å². The minimum absolute atomic E-state index is 0.0222. The van der Waals surface area contributed by atoms with Crippen molar-refractivity contribution in [3.63, 3.8) is 0 Å². The van der Waals surface area contributed by atoms with E-state index >= 15 is 0 Å². The summed E-state index contributed by atoms with van der Waals surface area (Å²) in [5, 5.41) is 3.21. The van der Waals surface area contributed by atoms with Gasteiger partial charge in [0.25, 0.3) is 0 Å². The molecule has 0 saturated carbocycles. The van der Waals surface area contributed by atoms with Gasteiger partial charge in [-0.1, -0.05) is 0 Å². The third kappa shape index (κ3) is 2.41. The molecule has 1 fully saturated rings. The second-order valence-corrected chi connectivity index (χ2v) is 4.94. The fourth-order valence-electron chi connectivity index (χ4n) is 1.87. The van der Waals surface area contributed by atoms with Crippen molar-refractivity contribution in [3.8, 4) is 0 Å². The summed E-state index contributed by atoms with van der Waals surface area (Å²) in [6.07, 6.45) is 1.84. The fraction of sp³-hybridized carbons (Fsp3) is 0.636. The number of hydrogen-bond acceptors (Lipinski definition) is 5. The number of ether oxygens (including phenoxy) is 1. The molecule has 0 amide bonds. The van der Waals surface area contributed by atoms with Crippen molar-refractivity contribution in [2.75, 3.05) is 20.2 Å². The average molecular weight is 240 g/mol. The molecule has 4 nitrogen and oxygen atoms in total. The molecule has 1 aromatic heterocycles. The van der Waals surface area contributed by atoms with Gasteiger partial charge >= 0.3 is 5.97 Å². The number of hydrogen-bond donors (Lipinski definition) is 0. The minimum atomic E-state index is -0.110. The molecule has 1 unspecified atom stereocenters. The molecular weight excluding hydrogens is 224 g/mol. The minimum Gasteiger partial charge on any atom is -0.468 e. The Kier molecular flexibility index (Phi) is 3.56. The molecule has 5 heteroatoms. The van der Waals surface area contributed by atoms with E-state index in [2.05, 4.69) is 15.3 Å². The van der Waals surface area contributed by atoms with E-state index in [1.54, 1.807) is 11.3 Å². The van der Waals surface area contributed by atoms with Crippen molar-refractivity contribution in [1.29, 1.82) is 0 Å². The predicted octanol–water partition coefficient (Wildman–Crippen LogP) is 1.24. The third-order valence-corrected chi connectivity index (χ3v) is 3.91. The maximum Gasteiger partial charge on any atom is 0.323 e. The molecule has 1 aliphatic rings. The second-order valence-electron chi connectivity index (χ2n) is 4.00. The van der Waals surface area contributed by atoms with E-state index in [4.69, 9.17) is 4.74 Å². The Morgan fingerprint density at radius 1 is 1.75 bits per heavy atom. The van der Waals surface area contributed by atoms with E-state index in [1.807, 2.05) is 6.92 Å². The van der Waals surface area contributed by atoms with E-state index in [0.29, 0.717) is 0 Å². The summed E-state index contributed by atoms with van der Waals surface area (Å²) in [5.74, 6) is -0.110. The highest BCUT2D eigenvalue weighted by atomic mass is 32.1. The third-order valence-electron chi connectivity index (χ3n) is 2.88. The van der Waals surface area contributed by atoms with Crippen molar-refractivity contribution in [1.82, 2.24) is 9.88 Å². The molecule has 0 aliphatic carbocycles. The van der Waals surface area contributed by atoms with Gasteiger partial charge in [-0.2, -0.15) is 0 Å². The van der Waals surface area contributed by atoms with Gasteiger partial charge in [0.2, 0.25) is 0 Å². The molecule has 0 N–H and O–H groups in total. The van der Waals surface area contributed by atoms with Crippen LogP contribution in [0.5, 0.6) is 0 Å².